The third-order valence-corrected chi connectivity index (χ3v) is 3.31. The Morgan fingerprint density at radius 1 is 1.50 bits per heavy atom. The first-order valence-electron chi connectivity index (χ1n) is 4.47. The molecule has 1 rings (SSSR count). The molecular weight excluding hydrogens is 292 g/mol. The standard InChI is InChI=1S/C10H11BrN2O2S/c11-4-9(14)10(15)7-3-6(16-5-12)1-2-8(7)13/h1-3,9-10,14-15H,4,13H2. The SMILES string of the molecule is N#CSc1ccc(N)c(C(O)C(O)CBr)c1. The molecule has 0 radical (unpaired) electrons. The predicted molar refractivity (Wildman–Crippen MR) is 67.1 cm³/mol. The molecule has 0 aliphatic heterocycles. The molecule has 86 valence electrons. The Hall–Kier alpha value is -0.740. The smallest absolute Gasteiger partial charge is 0.138 e. The molecule has 0 amide bonds. The third kappa shape index (κ3) is 3.12. The fraction of sp³-hybridized carbons (Fsp3) is 0.300. The highest BCUT2D eigenvalue weighted by Gasteiger charge is 2.19. The van der Waals surface area contributed by atoms with Crippen LogP contribution in [0.2, 0.25) is 0 Å². The lowest BCUT2D eigenvalue weighted by atomic mass is 10.0. The number of nitrogen functional groups attached to an aromatic ring is 1. The van der Waals surface area contributed by atoms with Gasteiger partial charge in [-0.1, -0.05) is 15.9 Å². The summed E-state index contributed by atoms with van der Waals surface area (Å²) < 4.78 is 0. The Kier molecular flexibility index (Phi) is 5.09. The zero-order chi connectivity index (χ0) is 12.1. The number of hydrogen-bond donors (Lipinski definition) is 3. The molecule has 2 atom stereocenters. The van der Waals surface area contributed by atoms with E-state index in [2.05, 4.69) is 15.9 Å². The van der Waals surface area contributed by atoms with Crippen molar-refractivity contribution in [1.82, 2.24) is 0 Å². The second-order valence-electron chi connectivity index (χ2n) is 3.15. The molecule has 4 N–H and O–H groups in total. The van der Waals surface area contributed by atoms with Crippen molar-refractivity contribution in [3.63, 3.8) is 0 Å². The number of thiocyanates is 1. The van der Waals surface area contributed by atoms with Crippen LogP contribution in [0.15, 0.2) is 23.1 Å². The molecule has 4 nitrogen and oxygen atoms in total. The maximum atomic E-state index is 9.81. The first kappa shape index (κ1) is 13.3. The number of benzene rings is 1. The number of hydrogen-bond acceptors (Lipinski definition) is 5. The van der Waals surface area contributed by atoms with Gasteiger partial charge in [-0.15, -0.1) is 0 Å². The number of nitrogens with two attached hydrogens (primary N) is 1. The van der Waals surface area contributed by atoms with Gasteiger partial charge in [-0.25, -0.2) is 0 Å². The van der Waals surface area contributed by atoms with Crippen molar-refractivity contribution < 1.29 is 10.2 Å². The summed E-state index contributed by atoms with van der Waals surface area (Å²) in [5.74, 6) is 0. The summed E-state index contributed by atoms with van der Waals surface area (Å²) in [5.41, 5.74) is 6.54. The Morgan fingerprint density at radius 2 is 2.19 bits per heavy atom. The number of aliphatic hydroxyl groups is 2. The number of aliphatic hydroxyl groups excluding tert-OH is 2. The average molecular weight is 303 g/mol. The monoisotopic (exact) mass is 302 g/mol. The molecule has 0 saturated heterocycles. The van der Waals surface area contributed by atoms with Gasteiger partial charge < -0.3 is 15.9 Å². The Labute approximate surface area is 106 Å². The van der Waals surface area contributed by atoms with E-state index in [0.29, 0.717) is 16.1 Å². The Balaban J connectivity index is 3.02. The first-order chi connectivity index (χ1) is 7.60. The average Bonchev–Trinajstić information content (AvgIpc) is 2.30. The van der Waals surface area contributed by atoms with Crippen LogP contribution in [-0.2, 0) is 0 Å². The molecule has 0 saturated carbocycles. The maximum absolute atomic E-state index is 9.81. The van der Waals surface area contributed by atoms with Crippen LogP contribution in [0.25, 0.3) is 0 Å². The zero-order valence-electron chi connectivity index (χ0n) is 8.30. The van der Waals surface area contributed by atoms with Crippen LogP contribution in [-0.4, -0.2) is 21.6 Å². The van der Waals surface area contributed by atoms with Crippen LogP contribution < -0.4 is 5.73 Å². The Bertz CT molecular complexity index is 408. The summed E-state index contributed by atoms with van der Waals surface area (Å²) in [5, 5.41) is 30.0. The summed E-state index contributed by atoms with van der Waals surface area (Å²) in [6, 6.07) is 4.92. The molecule has 0 spiro atoms. The third-order valence-electron chi connectivity index (χ3n) is 2.06. The fourth-order valence-corrected chi connectivity index (χ4v) is 2.00. The van der Waals surface area contributed by atoms with E-state index in [1.807, 2.05) is 5.40 Å². The highest BCUT2D eigenvalue weighted by Crippen LogP contribution is 2.28. The molecule has 0 aromatic heterocycles. The van der Waals surface area contributed by atoms with Crippen molar-refractivity contribution in [2.75, 3.05) is 11.1 Å². The van der Waals surface area contributed by atoms with E-state index < -0.39 is 12.2 Å². The molecule has 2 unspecified atom stereocenters. The van der Waals surface area contributed by atoms with Crippen molar-refractivity contribution in [3.8, 4) is 5.40 Å². The van der Waals surface area contributed by atoms with Crippen molar-refractivity contribution in [3.05, 3.63) is 23.8 Å². The number of nitriles is 1. The lowest BCUT2D eigenvalue weighted by molar-refractivity contribution is 0.0346. The minimum Gasteiger partial charge on any atom is -0.398 e. The van der Waals surface area contributed by atoms with Crippen LogP contribution in [0.4, 0.5) is 5.69 Å². The lowest BCUT2D eigenvalue weighted by Crippen LogP contribution is -2.20. The molecule has 1 aromatic carbocycles. The molecule has 0 heterocycles. The van der Waals surface area contributed by atoms with Gasteiger partial charge in [0.1, 0.15) is 11.5 Å². The van der Waals surface area contributed by atoms with Gasteiger partial charge in [0.25, 0.3) is 0 Å². The van der Waals surface area contributed by atoms with Gasteiger partial charge in [-0.2, -0.15) is 5.26 Å². The van der Waals surface area contributed by atoms with Crippen LogP contribution in [0, 0.1) is 10.7 Å². The molecule has 6 heteroatoms. The van der Waals surface area contributed by atoms with Gasteiger partial charge in [-0.3, -0.25) is 0 Å². The molecule has 16 heavy (non-hydrogen) atoms. The molecule has 0 aliphatic carbocycles. The van der Waals surface area contributed by atoms with E-state index in [1.54, 1.807) is 18.2 Å². The molecule has 0 fully saturated rings. The van der Waals surface area contributed by atoms with Crippen molar-refractivity contribution >= 4 is 33.4 Å². The van der Waals surface area contributed by atoms with Gasteiger partial charge in [0.2, 0.25) is 0 Å². The largest absolute Gasteiger partial charge is 0.398 e. The number of rotatable bonds is 4. The van der Waals surface area contributed by atoms with Gasteiger partial charge >= 0.3 is 0 Å². The minimum absolute atomic E-state index is 0.253. The fourth-order valence-electron chi connectivity index (χ4n) is 1.22. The summed E-state index contributed by atoms with van der Waals surface area (Å²) in [6.07, 6.45) is -1.98. The van der Waals surface area contributed by atoms with Gasteiger partial charge in [0.15, 0.2) is 0 Å². The van der Waals surface area contributed by atoms with Crippen molar-refractivity contribution in [2.24, 2.45) is 0 Å². The topological polar surface area (TPSA) is 90.3 Å². The van der Waals surface area contributed by atoms with Crippen molar-refractivity contribution in [1.29, 1.82) is 5.26 Å². The van der Waals surface area contributed by atoms with E-state index in [9.17, 15) is 10.2 Å². The maximum Gasteiger partial charge on any atom is 0.138 e. The zero-order valence-corrected chi connectivity index (χ0v) is 10.7. The molecule has 0 aliphatic rings. The first-order valence-corrected chi connectivity index (χ1v) is 6.41. The summed E-state index contributed by atoms with van der Waals surface area (Å²) in [6.45, 7) is 0. The van der Waals surface area contributed by atoms with E-state index in [1.165, 1.54) is 0 Å². The summed E-state index contributed by atoms with van der Waals surface area (Å²) in [7, 11) is 0. The van der Waals surface area contributed by atoms with E-state index >= 15 is 0 Å². The number of thioether (sulfide) groups is 1. The second kappa shape index (κ2) is 6.11. The van der Waals surface area contributed by atoms with E-state index in [0.717, 1.165) is 11.8 Å². The quantitative estimate of drug-likeness (QED) is 0.340. The van der Waals surface area contributed by atoms with Crippen LogP contribution in [0.1, 0.15) is 11.7 Å². The predicted octanol–water partition coefficient (Wildman–Crippen LogP) is 1.63. The van der Waals surface area contributed by atoms with E-state index in [4.69, 9.17) is 11.0 Å². The van der Waals surface area contributed by atoms with Gasteiger partial charge in [0, 0.05) is 21.5 Å². The van der Waals surface area contributed by atoms with Crippen molar-refractivity contribution in [2.45, 2.75) is 17.1 Å². The highest BCUT2D eigenvalue weighted by molar-refractivity contribution is 9.09. The molecule has 0 bridgehead atoms. The lowest BCUT2D eigenvalue weighted by Gasteiger charge is -2.18. The van der Waals surface area contributed by atoms with E-state index in [-0.39, 0.29) is 5.33 Å². The van der Waals surface area contributed by atoms with Gasteiger partial charge in [-0.05, 0) is 30.0 Å². The molecular formula is C10H11BrN2O2S. The number of nitrogens with zero attached hydrogens (tertiary/aromatic N) is 1. The number of anilines is 1. The summed E-state index contributed by atoms with van der Waals surface area (Å²) in [4.78, 5) is 0.688. The second-order valence-corrected chi connectivity index (χ2v) is 4.66. The molecule has 1 aromatic rings. The van der Waals surface area contributed by atoms with Crippen LogP contribution in [0.3, 0.4) is 0 Å². The van der Waals surface area contributed by atoms with Gasteiger partial charge in [0.05, 0.1) is 6.10 Å². The number of alkyl halides is 1. The Morgan fingerprint density at radius 3 is 2.75 bits per heavy atom. The van der Waals surface area contributed by atoms with Crippen LogP contribution >= 0.6 is 27.7 Å². The normalized spacial score (nSPS) is 14.1. The van der Waals surface area contributed by atoms with Crippen LogP contribution in [0.5, 0.6) is 0 Å². The summed E-state index contributed by atoms with van der Waals surface area (Å²) >= 11 is 4.06. The number of halogens is 1. The highest BCUT2D eigenvalue weighted by atomic mass is 79.9. The minimum atomic E-state index is -1.06.